The number of nitrogens with two attached hydrogens (primary N) is 1. The van der Waals surface area contributed by atoms with Crippen molar-refractivity contribution >= 4 is 5.69 Å². The van der Waals surface area contributed by atoms with Crippen molar-refractivity contribution in [2.45, 2.75) is 19.0 Å². The molecule has 0 unspecified atom stereocenters. The molecular weight excluding hydrogens is 325 g/mol. The number of hydrogen-bond acceptors (Lipinski definition) is 4. The lowest BCUT2D eigenvalue weighted by Gasteiger charge is -2.13. The molecule has 2 aromatic carbocycles. The molecule has 2 aromatic rings. The molecule has 0 amide bonds. The zero-order valence-electron chi connectivity index (χ0n) is 12.5. The first-order valence-corrected chi connectivity index (χ1v) is 7.14. The monoisotopic (exact) mass is 340 g/mol. The van der Waals surface area contributed by atoms with Gasteiger partial charge in [0.1, 0.15) is 11.5 Å². The van der Waals surface area contributed by atoms with Crippen LogP contribution in [-0.4, -0.2) is 11.5 Å². The van der Waals surface area contributed by atoms with Gasteiger partial charge in [-0.05, 0) is 43.7 Å². The Balaban J connectivity index is 2.33. The van der Waals surface area contributed by atoms with Crippen molar-refractivity contribution < 1.29 is 22.8 Å². The Morgan fingerprint density at radius 1 is 1.17 bits per heavy atom. The second-order valence-electron chi connectivity index (χ2n) is 5.07. The van der Waals surface area contributed by atoms with E-state index in [2.05, 4.69) is 0 Å². The lowest BCUT2D eigenvalue weighted by molar-refractivity contribution is -0.384. The first-order valence-electron chi connectivity index (χ1n) is 7.14. The number of halogens is 3. The van der Waals surface area contributed by atoms with Gasteiger partial charge in [0.2, 0.25) is 0 Å². The maximum Gasteiger partial charge on any atom is 0.416 e. The summed E-state index contributed by atoms with van der Waals surface area (Å²) in [5, 5.41) is 10.9. The highest BCUT2D eigenvalue weighted by Gasteiger charge is 2.30. The van der Waals surface area contributed by atoms with Crippen molar-refractivity contribution in [2.24, 2.45) is 5.73 Å². The van der Waals surface area contributed by atoms with Gasteiger partial charge in [-0.2, -0.15) is 13.2 Å². The number of rotatable bonds is 6. The maximum atomic E-state index is 12.7. The molecule has 128 valence electrons. The molecule has 0 heterocycles. The van der Waals surface area contributed by atoms with E-state index in [1.54, 1.807) is 0 Å². The smallest absolute Gasteiger partial charge is 0.416 e. The van der Waals surface area contributed by atoms with Gasteiger partial charge in [-0.15, -0.1) is 0 Å². The minimum absolute atomic E-state index is 0.00711. The number of hydrogen-bond donors (Lipinski definition) is 1. The fourth-order valence-corrected chi connectivity index (χ4v) is 2.13. The molecule has 0 bridgehead atoms. The van der Waals surface area contributed by atoms with Gasteiger partial charge in [0.05, 0.1) is 10.5 Å². The lowest BCUT2D eigenvalue weighted by Crippen LogP contribution is -2.05. The molecule has 0 aromatic heterocycles. The summed E-state index contributed by atoms with van der Waals surface area (Å²) in [6.07, 6.45) is -3.48. The normalized spacial score (nSPS) is 11.3. The van der Waals surface area contributed by atoms with Crippen LogP contribution in [0.25, 0.3) is 0 Å². The Bertz CT molecular complexity index is 733. The van der Waals surface area contributed by atoms with Crippen LogP contribution in [0, 0.1) is 10.1 Å². The number of nitro groups is 1. The summed E-state index contributed by atoms with van der Waals surface area (Å²) < 4.78 is 43.8. The molecular formula is C16H15F3N2O3. The van der Waals surface area contributed by atoms with Crippen LogP contribution in [-0.2, 0) is 12.6 Å². The number of nitrogens with zero attached hydrogens (tertiary/aromatic N) is 1. The van der Waals surface area contributed by atoms with Crippen LogP contribution in [0.5, 0.6) is 11.5 Å². The summed E-state index contributed by atoms with van der Waals surface area (Å²) in [4.78, 5) is 10.3. The van der Waals surface area contributed by atoms with Crippen LogP contribution in [0.15, 0.2) is 42.5 Å². The molecule has 2 N–H and O–H groups in total. The molecule has 0 atom stereocenters. The summed E-state index contributed by atoms with van der Waals surface area (Å²) >= 11 is 0. The molecule has 8 heteroatoms. The Kier molecular flexibility index (Phi) is 5.40. The van der Waals surface area contributed by atoms with Crippen molar-refractivity contribution in [1.82, 2.24) is 0 Å². The average molecular weight is 340 g/mol. The second kappa shape index (κ2) is 7.31. The third kappa shape index (κ3) is 4.45. The quantitative estimate of drug-likeness (QED) is 0.628. The molecule has 2 rings (SSSR count). The molecule has 0 aliphatic rings. The number of alkyl halides is 3. The van der Waals surface area contributed by atoms with Gasteiger partial charge in [0.15, 0.2) is 0 Å². The standard InChI is InChI=1S/C16H15F3N2O3/c17-16(18,19)12-4-1-5-14(10-12)24-15-7-6-13(21(22)23)9-11(15)3-2-8-20/h1,4-7,9-10H,2-3,8,20H2. The third-order valence-electron chi connectivity index (χ3n) is 3.29. The van der Waals surface area contributed by atoms with Gasteiger partial charge in [-0.1, -0.05) is 6.07 Å². The molecule has 0 aliphatic heterocycles. The summed E-state index contributed by atoms with van der Waals surface area (Å²) in [5.74, 6) is 0.279. The fourth-order valence-electron chi connectivity index (χ4n) is 2.13. The largest absolute Gasteiger partial charge is 0.457 e. The number of nitro benzene ring substituents is 1. The van der Waals surface area contributed by atoms with Crippen LogP contribution in [0.1, 0.15) is 17.5 Å². The van der Waals surface area contributed by atoms with E-state index in [0.29, 0.717) is 24.9 Å². The molecule has 0 radical (unpaired) electrons. The molecule has 5 nitrogen and oxygen atoms in total. The van der Waals surface area contributed by atoms with E-state index in [9.17, 15) is 23.3 Å². The highest BCUT2D eigenvalue weighted by atomic mass is 19.4. The Hall–Kier alpha value is -2.61. The van der Waals surface area contributed by atoms with E-state index >= 15 is 0 Å². The second-order valence-corrected chi connectivity index (χ2v) is 5.07. The fraction of sp³-hybridized carbons (Fsp3) is 0.250. The number of aryl methyl sites for hydroxylation is 1. The topological polar surface area (TPSA) is 78.4 Å². The summed E-state index contributed by atoms with van der Waals surface area (Å²) in [6, 6.07) is 8.43. The number of non-ortho nitro benzene ring substituents is 1. The molecule has 24 heavy (non-hydrogen) atoms. The molecule has 0 aliphatic carbocycles. The van der Waals surface area contributed by atoms with E-state index in [4.69, 9.17) is 10.5 Å². The molecule has 0 saturated heterocycles. The SMILES string of the molecule is NCCCc1cc([N+](=O)[O-])ccc1Oc1cccc(C(F)(F)F)c1. The van der Waals surface area contributed by atoms with Gasteiger partial charge in [0.25, 0.3) is 5.69 Å². The van der Waals surface area contributed by atoms with E-state index < -0.39 is 16.7 Å². The summed E-state index contributed by atoms with van der Waals surface area (Å²) in [7, 11) is 0. The van der Waals surface area contributed by atoms with E-state index in [1.807, 2.05) is 0 Å². The summed E-state index contributed by atoms with van der Waals surface area (Å²) in [5.41, 5.74) is 5.02. The van der Waals surface area contributed by atoms with Crippen LogP contribution in [0.3, 0.4) is 0 Å². The first-order chi connectivity index (χ1) is 11.3. The van der Waals surface area contributed by atoms with Crippen LogP contribution in [0.2, 0.25) is 0 Å². The lowest BCUT2D eigenvalue weighted by atomic mass is 10.1. The first kappa shape index (κ1) is 17.7. The maximum absolute atomic E-state index is 12.7. The van der Waals surface area contributed by atoms with Crippen LogP contribution >= 0.6 is 0 Å². The third-order valence-corrected chi connectivity index (χ3v) is 3.29. The zero-order valence-corrected chi connectivity index (χ0v) is 12.5. The summed E-state index contributed by atoms with van der Waals surface area (Å²) in [6.45, 7) is 0.381. The highest BCUT2D eigenvalue weighted by molar-refractivity contribution is 5.46. The molecule has 0 spiro atoms. The van der Waals surface area contributed by atoms with Crippen molar-refractivity contribution in [3.05, 3.63) is 63.7 Å². The number of benzene rings is 2. The van der Waals surface area contributed by atoms with Crippen molar-refractivity contribution in [2.75, 3.05) is 6.54 Å². The van der Waals surface area contributed by atoms with E-state index in [-0.39, 0.29) is 17.2 Å². The van der Waals surface area contributed by atoms with E-state index in [1.165, 1.54) is 30.3 Å². The Morgan fingerprint density at radius 3 is 2.54 bits per heavy atom. The van der Waals surface area contributed by atoms with Crippen LogP contribution < -0.4 is 10.5 Å². The van der Waals surface area contributed by atoms with Crippen molar-refractivity contribution in [3.63, 3.8) is 0 Å². The van der Waals surface area contributed by atoms with Crippen molar-refractivity contribution in [1.29, 1.82) is 0 Å². The van der Waals surface area contributed by atoms with Gasteiger partial charge in [-0.25, -0.2) is 0 Å². The average Bonchev–Trinajstić information content (AvgIpc) is 2.53. The zero-order chi connectivity index (χ0) is 17.7. The van der Waals surface area contributed by atoms with Gasteiger partial charge < -0.3 is 10.5 Å². The Morgan fingerprint density at radius 2 is 1.92 bits per heavy atom. The van der Waals surface area contributed by atoms with Gasteiger partial charge in [-0.3, -0.25) is 10.1 Å². The minimum atomic E-state index is -4.47. The highest BCUT2D eigenvalue weighted by Crippen LogP contribution is 2.34. The van der Waals surface area contributed by atoms with E-state index in [0.717, 1.165) is 12.1 Å². The molecule has 0 fully saturated rings. The van der Waals surface area contributed by atoms with Crippen molar-refractivity contribution in [3.8, 4) is 11.5 Å². The minimum Gasteiger partial charge on any atom is -0.457 e. The van der Waals surface area contributed by atoms with Gasteiger partial charge in [0, 0.05) is 17.7 Å². The predicted octanol–water partition coefficient (Wildman–Crippen LogP) is 4.30. The number of ether oxygens (including phenoxy) is 1. The predicted molar refractivity (Wildman–Crippen MR) is 82.0 cm³/mol. The Labute approximate surface area is 136 Å². The van der Waals surface area contributed by atoms with Gasteiger partial charge >= 0.3 is 6.18 Å². The van der Waals surface area contributed by atoms with Crippen LogP contribution in [0.4, 0.5) is 18.9 Å². The molecule has 0 saturated carbocycles.